The largest absolute Gasteiger partial charge is 0.497 e. The van der Waals surface area contributed by atoms with E-state index in [1.54, 1.807) is 14.0 Å². The van der Waals surface area contributed by atoms with Crippen LogP contribution in [-0.4, -0.2) is 44.2 Å². The zero-order valence-electron chi connectivity index (χ0n) is 12.1. The molecule has 1 saturated heterocycles. The number of hydrogen-bond donors (Lipinski definition) is 1. The second-order valence-electron chi connectivity index (χ2n) is 5.42. The third kappa shape index (κ3) is 4.64. The first-order valence-electron chi connectivity index (χ1n) is 6.60. The summed E-state index contributed by atoms with van der Waals surface area (Å²) in [6.07, 6.45) is 0.480. The first-order chi connectivity index (χ1) is 9.82. The van der Waals surface area contributed by atoms with Crippen molar-refractivity contribution >= 4 is 27.5 Å². The van der Waals surface area contributed by atoms with Crippen LogP contribution in [0.4, 0.5) is 0 Å². The molecule has 0 bridgehead atoms. The van der Waals surface area contributed by atoms with Crippen LogP contribution < -0.4 is 10.1 Å². The van der Waals surface area contributed by atoms with Crippen LogP contribution in [0.1, 0.15) is 13.3 Å². The molecule has 0 spiro atoms. The van der Waals surface area contributed by atoms with E-state index in [2.05, 4.69) is 5.32 Å². The van der Waals surface area contributed by atoms with Gasteiger partial charge in [-0.25, -0.2) is 8.42 Å². The van der Waals surface area contributed by atoms with Crippen LogP contribution in [0.25, 0.3) is 0 Å². The Bertz CT molecular complexity index is 612. The van der Waals surface area contributed by atoms with Crippen molar-refractivity contribution in [2.75, 3.05) is 24.4 Å². The Kier molecular flexibility index (Phi) is 4.83. The minimum Gasteiger partial charge on any atom is -0.497 e. The monoisotopic (exact) mass is 329 g/mol. The van der Waals surface area contributed by atoms with Gasteiger partial charge in [-0.15, -0.1) is 11.8 Å². The molecule has 7 heteroatoms. The molecule has 1 N–H and O–H groups in total. The minimum absolute atomic E-state index is 0.0267. The fourth-order valence-corrected chi connectivity index (χ4v) is 5.09. The van der Waals surface area contributed by atoms with E-state index in [9.17, 15) is 13.2 Å². The molecule has 1 aromatic carbocycles. The zero-order chi connectivity index (χ0) is 15.5. The van der Waals surface area contributed by atoms with Crippen molar-refractivity contribution in [1.29, 1.82) is 0 Å². The Morgan fingerprint density at radius 1 is 1.38 bits per heavy atom. The van der Waals surface area contributed by atoms with E-state index in [0.717, 1.165) is 10.6 Å². The minimum atomic E-state index is -3.01. The predicted molar refractivity (Wildman–Crippen MR) is 83.5 cm³/mol. The Morgan fingerprint density at radius 3 is 2.57 bits per heavy atom. The molecule has 0 saturated carbocycles. The lowest BCUT2D eigenvalue weighted by molar-refractivity contribution is -0.120. The van der Waals surface area contributed by atoms with Gasteiger partial charge in [0.25, 0.3) is 0 Å². The lowest BCUT2D eigenvalue weighted by atomic mass is 10.0. The highest BCUT2D eigenvalue weighted by molar-refractivity contribution is 8.00. The van der Waals surface area contributed by atoms with Gasteiger partial charge in [0.05, 0.1) is 29.9 Å². The Hall–Kier alpha value is -1.21. The average molecular weight is 329 g/mol. The summed E-state index contributed by atoms with van der Waals surface area (Å²) in [5.74, 6) is 1.07. The number of methoxy groups -OCH3 is 1. The molecule has 1 amide bonds. The third-order valence-corrected chi connectivity index (χ3v) is 6.29. The van der Waals surface area contributed by atoms with E-state index in [-0.39, 0.29) is 23.2 Å². The van der Waals surface area contributed by atoms with Crippen molar-refractivity contribution in [3.8, 4) is 5.75 Å². The summed E-state index contributed by atoms with van der Waals surface area (Å²) in [6.45, 7) is 1.79. The average Bonchev–Trinajstić information content (AvgIpc) is 2.70. The summed E-state index contributed by atoms with van der Waals surface area (Å²) in [7, 11) is -1.41. The molecule has 116 valence electrons. The van der Waals surface area contributed by atoms with Gasteiger partial charge >= 0.3 is 0 Å². The van der Waals surface area contributed by atoms with Gasteiger partial charge in [0, 0.05) is 4.90 Å². The first kappa shape index (κ1) is 16.2. The second kappa shape index (κ2) is 6.27. The SMILES string of the molecule is COc1ccc(SCC(=O)N[C@]2(C)CCS(=O)(=O)C2)cc1. The van der Waals surface area contributed by atoms with Crippen LogP contribution >= 0.6 is 11.8 Å². The Labute approximate surface area is 129 Å². The van der Waals surface area contributed by atoms with Gasteiger partial charge in [-0.2, -0.15) is 0 Å². The molecule has 0 aromatic heterocycles. The van der Waals surface area contributed by atoms with Crippen molar-refractivity contribution in [2.45, 2.75) is 23.8 Å². The lowest BCUT2D eigenvalue weighted by Gasteiger charge is -2.23. The number of ether oxygens (including phenoxy) is 1. The first-order valence-corrected chi connectivity index (χ1v) is 9.41. The molecule has 1 aliphatic rings. The number of rotatable bonds is 5. The van der Waals surface area contributed by atoms with Crippen LogP contribution in [-0.2, 0) is 14.6 Å². The smallest absolute Gasteiger partial charge is 0.230 e. The number of sulfone groups is 1. The summed E-state index contributed by atoms with van der Waals surface area (Å²) in [4.78, 5) is 12.9. The highest BCUT2D eigenvalue weighted by Gasteiger charge is 2.39. The van der Waals surface area contributed by atoms with Crippen LogP contribution in [0, 0.1) is 0 Å². The number of carbonyl (C=O) groups excluding carboxylic acids is 1. The summed E-state index contributed by atoms with van der Waals surface area (Å²) >= 11 is 1.41. The maximum atomic E-state index is 12.0. The molecule has 1 aliphatic heterocycles. The van der Waals surface area contributed by atoms with Gasteiger partial charge < -0.3 is 10.1 Å². The van der Waals surface area contributed by atoms with Crippen molar-refractivity contribution in [3.63, 3.8) is 0 Å². The number of benzene rings is 1. The normalized spacial score (nSPS) is 23.7. The summed E-state index contributed by atoms with van der Waals surface area (Å²) < 4.78 is 28.1. The summed E-state index contributed by atoms with van der Waals surface area (Å²) in [5, 5.41) is 2.84. The van der Waals surface area contributed by atoms with E-state index in [1.807, 2.05) is 24.3 Å². The topological polar surface area (TPSA) is 72.5 Å². The number of carbonyl (C=O) groups is 1. The maximum Gasteiger partial charge on any atom is 0.230 e. The van der Waals surface area contributed by atoms with Crippen molar-refractivity contribution in [3.05, 3.63) is 24.3 Å². The van der Waals surface area contributed by atoms with Gasteiger partial charge in [0.2, 0.25) is 5.91 Å². The van der Waals surface area contributed by atoms with Gasteiger partial charge in [-0.1, -0.05) is 0 Å². The molecule has 0 radical (unpaired) electrons. The van der Waals surface area contributed by atoms with Crippen LogP contribution in [0.15, 0.2) is 29.2 Å². The van der Waals surface area contributed by atoms with Crippen LogP contribution in [0.2, 0.25) is 0 Å². The Balaban J connectivity index is 1.84. The molecule has 2 rings (SSSR count). The van der Waals surface area contributed by atoms with E-state index in [0.29, 0.717) is 6.42 Å². The molecular weight excluding hydrogens is 310 g/mol. The molecule has 1 heterocycles. The molecule has 1 aromatic rings. The van der Waals surface area contributed by atoms with Gasteiger partial charge in [0.1, 0.15) is 5.75 Å². The maximum absolute atomic E-state index is 12.0. The van der Waals surface area contributed by atoms with E-state index >= 15 is 0 Å². The molecule has 1 fully saturated rings. The fourth-order valence-electron chi connectivity index (χ4n) is 2.30. The molecule has 0 aliphatic carbocycles. The van der Waals surface area contributed by atoms with E-state index < -0.39 is 15.4 Å². The predicted octanol–water partition coefficient (Wildman–Crippen LogP) is 1.48. The third-order valence-electron chi connectivity index (χ3n) is 3.37. The van der Waals surface area contributed by atoms with Crippen molar-refractivity contribution < 1.29 is 17.9 Å². The quantitative estimate of drug-likeness (QED) is 0.829. The molecule has 1 atom stereocenters. The molecular formula is C14H19NO4S2. The van der Waals surface area contributed by atoms with E-state index in [4.69, 9.17) is 4.74 Å². The van der Waals surface area contributed by atoms with Crippen molar-refractivity contribution in [1.82, 2.24) is 5.32 Å². The van der Waals surface area contributed by atoms with Gasteiger partial charge in [-0.05, 0) is 37.6 Å². The van der Waals surface area contributed by atoms with Crippen molar-refractivity contribution in [2.24, 2.45) is 0 Å². The van der Waals surface area contributed by atoms with Crippen LogP contribution in [0.5, 0.6) is 5.75 Å². The van der Waals surface area contributed by atoms with Gasteiger partial charge in [0.15, 0.2) is 9.84 Å². The molecule has 5 nitrogen and oxygen atoms in total. The highest BCUT2D eigenvalue weighted by atomic mass is 32.2. The fraction of sp³-hybridized carbons (Fsp3) is 0.500. The second-order valence-corrected chi connectivity index (χ2v) is 8.65. The molecule has 0 unspecified atom stereocenters. The highest BCUT2D eigenvalue weighted by Crippen LogP contribution is 2.24. The summed E-state index contributed by atoms with van der Waals surface area (Å²) in [5.41, 5.74) is -0.629. The number of amides is 1. The van der Waals surface area contributed by atoms with E-state index in [1.165, 1.54) is 11.8 Å². The van der Waals surface area contributed by atoms with Gasteiger partial charge in [-0.3, -0.25) is 4.79 Å². The standard InChI is InChI=1S/C14H19NO4S2/c1-14(7-8-21(17,18)10-14)15-13(16)9-20-12-5-3-11(19-2)4-6-12/h3-6H,7-10H2,1-2H3,(H,15,16)/t14-/m1/s1. The van der Waals surface area contributed by atoms with Crippen LogP contribution in [0.3, 0.4) is 0 Å². The summed E-state index contributed by atoms with van der Waals surface area (Å²) in [6, 6.07) is 7.45. The Morgan fingerprint density at radius 2 is 2.05 bits per heavy atom. The zero-order valence-corrected chi connectivity index (χ0v) is 13.7. The lowest BCUT2D eigenvalue weighted by Crippen LogP contribution is -2.47. The number of nitrogens with one attached hydrogen (secondary N) is 1. The molecule has 21 heavy (non-hydrogen) atoms. The number of thioether (sulfide) groups is 1. The number of hydrogen-bond acceptors (Lipinski definition) is 5.